The molecule has 3 aromatic rings. The standard InChI is InChI=1S/C18H15BrClN2S.BrH/c19-14-4-8-16(9-5-14)22-12-17(13-2-6-15(20)7-3-13)21-10-1-11-23-18(21)22;/h2-9,12H,1,10-11H2;1H/q+1;/p-1. The van der Waals surface area contributed by atoms with Gasteiger partial charge in [-0.25, -0.2) is 4.57 Å². The van der Waals surface area contributed by atoms with Crippen molar-refractivity contribution in [1.82, 2.24) is 4.57 Å². The van der Waals surface area contributed by atoms with Gasteiger partial charge in [-0.1, -0.05) is 27.5 Å². The van der Waals surface area contributed by atoms with E-state index in [1.807, 2.05) is 23.9 Å². The van der Waals surface area contributed by atoms with Crippen LogP contribution in [0.3, 0.4) is 0 Å². The van der Waals surface area contributed by atoms with E-state index in [9.17, 15) is 0 Å². The molecule has 24 heavy (non-hydrogen) atoms. The Balaban J connectivity index is 0.00000169. The minimum atomic E-state index is 0. The minimum Gasteiger partial charge on any atom is -1.00 e. The van der Waals surface area contributed by atoms with E-state index in [1.54, 1.807) is 0 Å². The molecule has 0 amide bonds. The Labute approximate surface area is 169 Å². The summed E-state index contributed by atoms with van der Waals surface area (Å²) in [5.74, 6) is 1.17. The number of imidazole rings is 1. The Bertz CT molecular complexity index is 775. The molecule has 0 aliphatic carbocycles. The summed E-state index contributed by atoms with van der Waals surface area (Å²) in [5, 5.41) is 2.07. The van der Waals surface area contributed by atoms with Crippen LogP contribution in [0.25, 0.3) is 16.9 Å². The zero-order valence-corrected chi connectivity index (χ0v) is 17.5. The van der Waals surface area contributed by atoms with Gasteiger partial charge in [0.15, 0.2) is 5.69 Å². The molecule has 1 aliphatic heterocycles. The van der Waals surface area contributed by atoms with Gasteiger partial charge in [-0.3, -0.25) is 0 Å². The molecule has 0 saturated carbocycles. The van der Waals surface area contributed by atoms with Gasteiger partial charge >= 0.3 is 5.16 Å². The summed E-state index contributed by atoms with van der Waals surface area (Å²) >= 11 is 11.5. The van der Waals surface area contributed by atoms with Crippen molar-refractivity contribution in [3.8, 4) is 16.9 Å². The zero-order chi connectivity index (χ0) is 15.8. The molecule has 1 aromatic heterocycles. The van der Waals surface area contributed by atoms with Gasteiger partial charge in [0.05, 0.1) is 6.54 Å². The molecule has 1 aliphatic rings. The summed E-state index contributed by atoms with van der Waals surface area (Å²) in [6.07, 6.45) is 3.44. The number of benzene rings is 2. The molecule has 4 rings (SSSR count). The third kappa shape index (κ3) is 3.45. The maximum atomic E-state index is 6.04. The number of hydrogen-bond donors (Lipinski definition) is 0. The van der Waals surface area contributed by atoms with Gasteiger partial charge in [0.25, 0.3) is 0 Å². The third-order valence-electron chi connectivity index (χ3n) is 3.98. The van der Waals surface area contributed by atoms with Crippen LogP contribution in [0.15, 0.2) is 64.4 Å². The second kappa shape index (κ2) is 7.65. The molecule has 0 fully saturated rings. The smallest absolute Gasteiger partial charge is 0.323 e. The van der Waals surface area contributed by atoms with Crippen LogP contribution in [0.1, 0.15) is 6.42 Å². The lowest BCUT2D eigenvalue weighted by Crippen LogP contribution is -3.00. The van der Waals surface area contributed by atoms with Crippen LogP contribution in [0, 0.1) is 0 Å². The molecule has 2 nitrogen and oxygen atoms in total. The maximum absolute atomic E-state index is 6.04. The fraction of sp³-hybridized carbons (Fsp3) is 0.167. The van der Waals surface area contributed by atoms with Gasteiger partial charge < -0.3 is 17.0 Å². The third-order valence-corrected chi connectivity index (χ3v) is 5.93. The van der Waals surface area contributed by atoms with Crippen molar-refractivity contribution in [2.45, 2.75) is 18.1 Å². The summed E-state index contributed by atoms with van der Waals surface area (Å²) in [4.78, 5) is 0. The average Bonchev–Trinajstić information content (AvgIpc) is 2.96. The molecule has 6 heteroatoms. The van der Waals surface area contributed by atoms with Crippen molar-refractivity contribution in [2.75, 3.05) is 5.75 Å². The van der Waals surface area contributed by atoms with E-state index in [0.717, 1.165) is 16.0 Å². The summed E-state index contributed by atoms with van der Waals surface area (Å²) in [6.45, 7) is 1.06. The molecule has 0 bridgehead atoms. The highest BCUT2D eigenvalue weighted by atomic mass is 79.9. The minimum absolute atomic E-state index is 0. The first-order valence-corrected chi connectivity index (χ1v) is 9.68. The Morgan fingerprint density at radius 2 is 1.75 bits per heavy atom. The number of aromatic nitrogens is 2. The average molecular weight is 487 g/mol. The van der Waals surface area contributed by atoms with Crippen LogP contribution in [0.5, 0.6) is 0 Å². The zero-order valence-electron chi connectivity index (χ0n) is 12.8. The van der Waals surface area contributed by atoms with Crippen LogP contribution < -0.4 is 21.5 Å². The van der Waals surface area contributed by atoms with Gasteiger partial charge in [-0.05, 0) is 66.7 Å². The van der Waals surface area contributed by atoms with Crippen molar-refractivity contribution < 1.29 is 21.5 Å². The number of halogens is 3. The summed E-state index contributed by atoms with van der Waals surface area (Å²) in [7, 11) is 0. The predicted molar refractivity (Wildman–Crippen MR) is 99.5 cm³/mol. The van der Waals surface area contributed by atoms with E-state index in [2.05, 4.69) is 67.7 Å². The fourth-order valence-electron chi connectivity index (χ4n) is 2.87. The van der Waals surface area contributed by atoms with Gasteiger partial charge in [0, 0.05) is 20.8 Å². The van der Waals surface area contributed by atoms with Crippen LogP contribution in [0.2, 0.25) is 5.02 Å². The number of fused-ring (bicyclic) bond motifs is 1. The Morgan fingerprint density at radius 1 is 1.04 bits per heavy atom. The first-order valence-electron chi connectivity index (χ1n) is 7.52. The maximum Gasteiger partial charge on any atom is 0.323 e. The normalized spacial score (nSPS) is 13.2. The van der Waals surface area contributed by atoms with E-state index in [0.29, 0.717) is 0 Å². The Morgan fingerprint density at radius 3 is 2.46 bits per heavy atom. The number of hydrogen-bond acceptors (Lipinski definition) is 1. The molecule has 2 heterocycles. The van der Waals surface area contributed by atoms with Gasteiger partial charge in [-0.2, -0.15) is 4.57 Å². The number of thioether (sulfide) groups is 1. The first kappa shape index (κ1) is 18.1. The van der Waals surface area contributed by atoms with E-state index in [-0.39, 0.29) is 17.0 Å². The van der Waals surface area contributed by atoms with E-state index in [4.69, 9.17) is 11.6 Å². The number of nitrogens with zero attached hydrogens (tertiary/aromatic N) is 2. The van der Waals surface area contributed by atoms with Crippen molar-refractivity contribution >= 4 is 39.3 Å². The number of rotatable bonds is 2. The van der Waals surface area contributed by atoms with Gasteiger partial charge in [0.2, 0.25) is 0 Å². The SMILES string of the molecule is Clc1ccc(-c2cn(-c3ccc(Br)cc3)c3[n+]2CCCS3)cc1.[Br-]. The molecular weight excluding hydrogens is 472 g/mol. The topological polar surface area (TPSA) is 8.81 Å². The Kier molecular flexibility index (Phi) is 5.75. The van der Waals surface area contributed by atoms with Crippen molar-refractivity contribution in [3.05, 3.63) is 64.2 Å². The molecule has 0 saturated heterocycles. The second-order valence-corrected chi connectivity index (χ2v) is 7.92. The van der Waals surface area contributed by atoms with Crippen molar-refractivity contribution in [2.24, 2.45) is 0 Å². The lowest BCUT2D eigenvalue weighted by Gasteiger charge is -2.10. The van der Waals surface area contributed by atoms with Crippen LogP contribution in [-0.2, 0) is 6.54 Å². The van der Waals surface area contributed by atoms with Crippen molar-refractivity contribution in [1.29, 1.82) is 0 Å². The molecule has 2 aromatic carbocycles. The van der Waals surface area contributed by atoms with Crippen LogP contribution in [0.4, 0.5) is 0 Å². The van der Waals surface area contributed by atoms with E-state index in [1.165, 1.54) is 34.3 Å². The predicted octanol–water partition coefficient (Wildman–Crippen LogP) is 2.35. The molecule has 0 radical (unpaired) electrons. The Hall–Kier alpha value is -0.750. The largest absolute Gasteiger partial charge is 1.00 e. The second-order valence-electron chi connectivity index (χ2n) is 5.50. The highest BCUT2D eigenvalue weighted by molar-refractivity contribution is 9.10. The highest BCUT2D eigenvalue weighted by Gasteiger charge is 2.28. The summed E-state index contributed by atoms with van der Waals surface area (Å²) in [6, 6.07) is 16.6. The molecule has 0 atom stereocenters. The lowest BCUT2D eigenvalue weighted by atomic mass is 10.1. The monoisotopic (exact) mass is 484 g/mol. The molecule has 0 unspecified atom stereocenters. The fourth-order valence-corrected chi connectivity index (χ4v) is 4.36. The van der Waals surface area contributed by atoms with Gasteiger partial charge in [-0.15, -0.1) is 0 Å². The molecule has 124 valence electrons. The van der Waals surface area contributed by atoms with E-state index >= 15 is 0 Å². The first-order chi connectivity index (χ1) is 11.2. The van der Waals surface area contributed by atoms with Gasteiger partial charge in [0.1, 0.15) is 11.9 Å². The molecular formula is C18H15Br2ClN2S. The molecule has 0 spiro atoms. The summed E-state index contributed by atoms with van der Waals surface area (Å²) < 4.78 is 5.81. The van der Waals surface area contributed by atoms with E-state index < -0.39 is 0 Å². The van der Waals surface area contributed by atoms with Crippen LogP contribution >= 0.6 is 39.3 Å². The van der Waals surface area contributed by atoms with Crippen LogP contribution in [-0.4, -0.2) is 10.3 Å². The van der Waals surface area contributed by atoms with Crippen molar-refractivity contribution in [3.63, 3.8) is 0 Å². The quantitative estimate of drug-likeness (QED) is 0.505. The highest BCUT2D eigenvalue weighted by Crippen LogP contribution is 2.29. The molecule has 0 N–H and O–H groups in total. The lowest BCUT2D eigenvalue weighted by molar-refractivity contribution is -0.724. The summed E-state index contributed by atoms with van der Waals surface area (Å²) in [5.41, 5.74) is 3.63.